The molecule has 2 aromatic heterocycles. The summed E-state index contributed by atoms with van der Waals surface area (Å²) in [5.74, 6) is 1.29. The van der Waals surface area contributed by atoms with Gasteiger partial charge in [-0.05, 0) is 38.3 Å². The first-order chi connectivity index (χ1) is 13.1. The molecule has 8 heteroatoms. The van der Waals surface area contributed by atoms with Gasteiger partial charge < -0.3 is 15.1 Å². The maximum Gasteiger partial charge on any atom is 0.317 e. The first kappa shape index (κ1) is 18.5. The van der Waals surface area contributed by atoms with Crippen molar-refractivity contribution in [2.24, 2.45) is 0 Å². The molecule has 6 nitrogen and oxygen atoms in total. The number of hydrogen-bond acceptors (Lipinski definition) is 5. The van der Waals surface area contributed by atoms with E-state index in [1.165, 1.54) is 9.88 Å². The lowest BCUT2D eigenvalue weighted by Crippen LogP contribution is -2.48. The highest BCUT2D eigenvalue weighted by Gasteiger charge is 2.30. The number of carbonyl (C=O) groups excluding carboxylic acids is 1. The molecule has 0 spiro atoms. The zero-order valence-electron chi connectivity index (χ0n) is 15.4. The lowest BCUT2D eigenvalue weighted by Gasteiger charge is -2.32. The van der Waals surface area contributed by atoms with Gasteiger partial charge in [-0.1, -0.05) is 11.6 Å². The van der Waals surface area contributed by atoms with Crippen molar-refractivity contribution in [3.63, 3.8) is 0 Å². The Hall–Kier alpha value is -1.86. The lowest BCUT2D eigenvalue weighted by molar-refractivity contribution is 0.178. The predicted octanol–water partition coefficient (Wildman–Crippen LogP) is 3.67. The van der Waals surface area contributed by atoms with Gasteiger partial charge in [0.25, 0.3) is 0 Å². The number of halogens is 1. The first-order valence-corrected chi connectivity index (χ1v) is 10.6. The Kier molecular flexibility index (Phi) is 5.50. The fraction of sp³-hybridized carbons (Fsp3) is 0.526. The third-order valence-corrected chi connectivity index (χ3v) is 6.70. The molecule has 144 valence electrons. The van der Waals surface area contributed by atoms with Crippen molar-refractivity contribution < 1.29 is 4.79 Å². The summed E-state index contributed by atoms with van der Waals surface area (Å²) in [4.78, 5) is 26.9. The summed E-state index contributed by atoms with van der Waals surface area (Å²) in [5.41, 5.74) is 0. The lowest BCUT2D eigenvalue weighted by atomic mass is 9.98. The van der Waals surface area contributed by atoms with Gasteiger partial charge in [-0.15, -0.1) is 11.3 Å². The summed E-state index contributed by atoms with van der Waals surface area (Å²) in [6, 6.07) is 3.86. The zero-order valence-corrected chi connectivity index (χ0v) is 17.0. The van der Waals surface area contributed by atoms with Gasteiger partial charge in [0.05, 0.1) is 10.0 Å². The first-order valence-electron chi connectivity index (χ1n) is 9.43. The van der Waals surface area contributed by atoms with Crippen molar-refractivity contribution >= 4 is 34.8 Å². The van der Waals surface area contributed by atoms with Crippen LogP contribution in [0, 0.1) is 6.92 Å². The molecule has 2 fully saturated rings. The monoisotopic (exact) mass is 405 g/mol. The fourth-order valence-corrected chi connectivity index (χ4v) is 5.02. The van der Waals surface area contributed by atoms with Crippen LogP contribution in [0.15, 0.2) is 24.5 Å². The van der Waals surface area contributed by atoms with Gasteiger partial charge in [-0.2, -0.15) is 0 Å². The van der Waals surface area contributed by atoms with Crippen LogP contribution in [0.1, 0.15) is 35.1 Å². The predicted molar refractivity (Wildman–Crippen MR) is 109 cm³/mol. The Morgan fingerprint density at radius 2 is 2.07 bits per heavy atom. The van der Waals surface area contributed by atoms with E-state index in [1.807, 2.05) is 23.2 Å². The number of rotatable bonds is 3. The van der Waals surface area contributed by atoms with Crippen LogP contribution in [0.25, 0.3) is 0 Å². The quantitative estimate of drug-likeness (QED) is 0.846. The minimum absolute atomic E-state index is 0.0442. The maximum absolute atomic E-state index is 12.7. The van der Waals surface area contributed by atoms with Crippen molar-refractivity contribution in [1.82, 2.24) is 20.2 Å². The van der Waals surface area contributed by atoms with Crippen molar-refractivity contribution in [3.8, 4) is 0 Å². The van der Waals surface area contributed by atoms with E-state index < -0.39 is 0 Å². The Bertz CT molecular complexity index is 805. The molecule has 2 aliphatic rings. The largest absolute Gasteiger partial charge is 0.353 e. The maximum atomic E-state index is 12.7. The molecule has 0 radical (unpaired) electrons. The number of amides is 2. The van der Waals surface area contributed by atoms with Crippen LogP contribution >= 0.6 is 22.9 Å². The summed E-state index contributed by atoms with van der Waals surface area (Å²) in [7, 11) is 0. The van der Waals surface area contributed by atoms with E-state index in [-0.39, 0.29) is 12.1 Å². The van der Waals surface area contributed by atoms with Crippen molar-refractivity contribution in [2.75, 3.05) is 31.1 Å². The average Bonchev–Trinajstić information content (AvgIpc) is 3.31. The Morgan fingerprint density at radius 1 is 1.26 bits per heavy atom. The third kappa shape index (κ3) is 4.19. The van der Waals surface area contributed by atoms with E-state index >= 15 is 0 Å². The number of nitrogens with zero attached hydrogens (tertiary/aromatic N) is 4. The number of urea groups is 1. The van der Waals surface area contributed by atoms with Crippen molar-refractivity contribution in [2.45, 2.75) is 38.1 Å². The van der Waals surface area contributed by atoms with E-state index in [9.17, 15) is 4.79 Å². The molecule has 4 rings (SSSR count). The fourth-order valence-electron chi connectivity index (χ4n) is 3.84. The third-order valence-electron chi connectivity index (χ3n) is 5.33. The molecular weight excluding hydrogens is 382 g/mol. The van der Waals surface area contributed by atoms with Crippen LogP contribution in [-0.4, -0.2) is 53.1 Å². The normalized spacial score (nSPS) is 20.9. The SMILES string of the molecule is Cc1cnc(C2CCN(C(=O)NC3CCN(c4ncccc4Cl)C3)CC2)s1. The molecule has 1 N–H and O–H groups in total. The zero-order chi connectivity index (χ0) is 18.8. The number of pyridine rings is 1. The van der Waals surface area contributed by atoms with E-state index in [0.717, 1.165) is 51.3 Å². The molecule has 0 bridgehead atoms. The van der Waals surface area contributed by atoms with Crippen LogP contribution in [0.3, 0.4) is 0 Å². The van der Waals surface area contributed by atoms with Gasteiger partial charge >= 0.3 is 6.03 Å². The molecule has 2 saturated heterocycles. The highest BCUT2D eigenvalue weighted by atomic mass is 35.5. The van der Waals surface area contributed by atoms with E-state index in [2.05, 4.69) is 27.1 Å². The molecule has 2 amide bonds. The van der Waals surface area contributed by atoms with Crippen LogP contribution in [0.4, 0.5) is 10.6 Å². The van der Waals surface area contributed by atoms with Gasteiger partial charge in [0.2, 0.25) is 0 Å². The molecule has 27 heavy (non-hydrogen) atoms. The number of carbonyl (C=O) groups is 1. The molecule has 4 heterocycles. The number of thiazole rings is 1. The molecule has 0 saturated carbocycles. The van der Waals surface area contributed by atoms with Crippen LogP contribution in [0.5, 0.6) is 0 Å². The van der Waals surface area contributed by atoms with E-state index in [4.69, 9.17) is 11.6 Å². The highest BCUT2D eigenvalue weighted by Crippen LogP contribution is 2.31. The second-order valence-electron chi connectivity index (χ2n) is 7.26. The standard InChI is InChI=1S/C19H24ClN5OS/c1-13-11-22-18(27-13)14-4-8-24(9-5-14)19(26)23-15-6-10-25(12-15)17-16(20)3-2-7-21-17/h2-3,7,11,14-15H,4-6,8-10,12H2,1H3,(H,23,26). The van der Waals surface area contributed by atoms with Gasteiger partial charge in [0.15, 0.2) is 0 Å². The summed E-state index contributed by atoms with van der Waals surface area (Å²) in [5, 5.41) is 5.06. The number of nitrogens with one attached hydrogen (secondary N) is 1. The number of aromatic nitrogens is 2. The van der Waals surface area contributed by atoms with Crippen LogP contribution < -0.4 is 10.2 Å². The minimum Gasteiger partial charge on any atom is -0.353 e. The molecule has 0 aromatic carbocycles. The summed E-state index contributed by atoms with van der Waals surface area (Å²) in [6.07, 6.45) is 6.58. The minimum atomic E-state index is 0.0442. The Morgan fingerprint density at radius 3 is 2.78 bits per heavy atom. The summed E-state index contributed by atoms with van der Waals surface area (Å²) in [6.45, 7) is 5.27. The Labute approximate surface area is 168 Å². The number of anilines is 1. The van der Waals surface area contributed by atoms with E-state index in [1.54, 1.807) is 17.5 Å². The number of likely N-dealkylation sites (tertiary alicyclic amines) is 1. The second kappa shape index (κ2) is 8.02. The van der Waals surface area contributed by atoms with Gasteiger partial charge in [-0.25, -0.2) is 14.8 Å². The topological polar surface area (TPSA) is 61.4 Å². The van der Waals surface area contributed by atoms with E-state index in [0.29, 0.717) is 10.9 Å². The van der Waals surface area contributed by atoms with Crippen LogP contribution in [0.2, 0.25) is 5.02 Å². The Balaban J connectivity index is 1.27. The number of aryl methyl sites for hydroxylation is 1. The highest BCUT2D eigenvalue weighted by molar-refractivity contribution is 7.11. The number of piperidine rings is 1. The smallest absolute Gasteiger partial charge is 0.317 e. The molecule has 2 aliphatic heterocycles. The molecule has 1 unspecified atom stereocenters. The number of hydrogen-bond donors (Lipinski definition) is 1. The molecule has 0 aliphatic carbocycles. The molecule has 2 aromatic rings. The van der Waals surface area contributed by atoms with Crippen molar-refractivity contribution in [3.05, 3.63) is 39.4 Å². The second-order valence-corrected chi connectivity index (χ2v) is 8.93. The van der Waals surface area contributed by atoms with Gasteiger partial charge in [0, 0.05) is 55.4 Å². The summed E-state index contributed by atoms with van der Waals surface area (Å²) >= 11 is 8.02. The summed E-state index contributed by atoms with van der Waals surface area (Å²) < 4.78 is 0. The molecular formula is C19H24ClN5OS. The van der Waals surface area contributed by atoms with Gasteiger partial charge in [-0.3, -0.25) is 0 Å². The van der Waals surface area contributed by atoms with Gasteiger partial charge in [0.1, 0.15) is 5.82 Å². The average molecular weight is 406 g/mol. The van der Waals surface area contributed by atoms with Crippen molar-refractivity contribution in [1.29, 1.82) is 0 Å². The van der Waals surface area contributed by atoms with Crippen LogP contribution in [-0.2, 0) is 0 Å². The molecule has 1 atom stereocenters.